The fourth-order valence-corrected chi connectivity index (χ4v) is 1.77. The number of hydrogen-bond donors (Lipinski definition) is 3. The minimum Gasteiger partial charge on any atom is -0.382 e. The first-order valence-corrected chi connectivity index (χ1v) is 5.88. The highest BCUT2D eigenvalue weighted by molar-refractivity contribution is 6.08. The largest absolute Gasteiger partial charge is 0.382 e. The summed E-state index contributed by atoms with van der Waals surface area (Å²) in [7, 11) is 3.92. The number of hydrogen-bond acceptors (Lipinski definition) is 4. The predicted molar refractivity (Wildman–Crippen MR) is 76.5 cm³/mol. The van der Waals surface area contributed by atoms with Crippen LogP contribution in [0, 0.1) is 6.92 Å². The SMILES string of the molecule is Cc1[nH]nc(N)c1C(=O)Nc1ccc(N(C)C)cc1. The van der Waals surface area contributed by atoms with Crippen LogP contribution >= 0.6 is 0 Å². The summed E-state index contributed by atoms with van der Waals surface area (Å²) in [6.07, 6.45) is 0. The molecule has 2 aromatic rings. The van der Waals surface area contributed by atoms with E-state index in [-0.39, 0.29) is 11.7 Å². The monoisotopic (exact) mass is 259 g/mol. The van der Waals surface area contributed by atoms with Crippen molar-refractivity contribution in [1.82, 2.24) is 10.2 Å². The molecule has 4 N–H and O–H groups in total. The van der Waals surface area contributed by atoms with E-state index >= 15 is 0 Å². The van der Waals surface area contributed by atoms with Gasteiger partial charge >= 0.3 is 0 Å². The lowest BCUT2D eigenvalue weighted by Crippen LogP contribution is -2.14. The summed E-state index contributed by atoms with van der Waals surface area (Å²) in [4.78, 5) is 14.1. The molecule has 0 bridgehead atoms. The minimum absolute atomic E-state index is 0.208. The summed E-state index contributed by atoms with van der Waals surface area (Å²) in [5.41, 5.74) is 8.47. The maximum absolute atomic E-state index is 12.1. The predicted octanol–water partition coefficient (Wildman–Crippen LogP) is 1.62. The second-order valence-corrected chi connectivity index (χ2v) is 4.50. The van der Waals surface area contributed by atoms with Gasteiger partial charge in [0, 0.05) is 31.2 Å². The molecule has 0 atom stereocenters. The van der Waals surface area contributed by atoms with Crippen molar-refractivity contribution in [1.29, 1.82) is 0 Å². The Hall–Kier alpha value is -2.50. The summed E-state index contributed by atoms with van der Waals surface area (Å²) in [6, 6.07) is 7.56. The molecule has 0 saturated heterocycles. The molecule has 19 heavy (non-hydrogen) atoms. The van der Waals surface area contributed by atoms with Gasteiger partial charge in [0.25, 0.3) is 5.91 Å². The molecule has 0 aliphatic heterocycles. The minimum atomic E-state index is -0.263. The van der Waals surface area contributed by atoms with Crippen LogP contribution in [0.1, 0.15) is 16.1 Å². The third-order valence-corrected chi connectivity index (χ3v) is 2.84. The van der Waals surface area contributed by atoms with Crippen LogP contribution in [0.3, 0.4) is 0 Å². The van der Waals surface area contributed by atoms with Gasteiger partial charge in [0.1, 0.15) is 5.56 Å². The van der Waals surface area contributed by atoms with E-state index in [4.69, 9.17) is 5.73 Å². The third-order valence-electron chi connectivity index (χ3n) is 2.84. The second-order valence-electron chi connectivity index (χ2n) is 4.50. The molecule has 0 saturated carbocycles. The van der Waals surface area contributed by atoms with Gasteiger partial charge in [0.05, 0.1) is 0 Å². The molecule has 1 heterocycles. The molecule has 0 aliphatic carbocycles. The zero-order chi connectivity index (χ0) is 14.0. The Bertz CT molecular complexity index is 566. The van der Waals surface area contributed by atoms with Crippen LogP contribution in [0.5, 0.6) is 0 Å². The second kappa shape index (κ2) is 5.01. The zero-order valence-corrected chi connectivity index (χ0v) is 11.2. The number of rotatable bonds is 3. The van der Waals surface area contributed by atoms with E-state index in [0.29, 0.717) is 11.3 Å². The number of carbonyl (C=O) groups is 1. The van der Waals surface area contributed by atoms with Crippen molar-refractivity contribution in [2.24, 2.45) is 0 Å². The number of aromatic nitrogens is 2. The Kier molecular flexibility index (Phi) is 3.41. The van der Waals surface area contributed by atoms with E-state index in [1.165, 1.54) is 0 Å². The van der Waals surface area contributed by atoms with Crippen LogP contribution in [-0.4, -0.2) is 30.2 Å². The van der Waals surface area contributed by atoms with Crippen molar-refractivity contribution in [3.63, 3.8) is 0 Å². The van der Waals surface area contributed by atoms with Crippen molar-refractivity contribution in [2.45, 2.75) is 6.92 Å². The molecule has 0 aliphatic rings. The number of nitrogens with one attached hydrogen (secondary N) is 2. The molecule has 0 radical (unpaired) electrons. The van der Waals surface area contributed by atoms with E-state index in [0.717, 1.165) is 11.4 Å². The first-order chi connectivity index (χ1) is 8.99. The highest BCUT2D eigenvalue weighted by atomic mass is 16.1. The van der Waals surface area contributed by atoms with Gasteiger partial charge in [-0.2, -0.15) is 5.10 Å². The van der Waals surface area contributed by atoms with Gasteiger partial charge in [-0.3, -0.25) is 9.89 Å². The van der Waals surface area contributed by atoms with Gasteiger partial charge in [0.2, 0.25) is 0 Å². The van der Waals surface area contributed by atoms with Crippen molar-refractivity contribution in [3.8, 4) is 0 Å². The van der Waals surface area contributed by atoms with Gasteiger partial charge in [-0.05, 0) is 31.2 Å². The lowest BCUT2D eigenvalue weighted by Gasteiger charge is -2.13. The lowest BCUT2D eigenvalue weighted by atomic mass is 10.2. The van der Waals surface area contributed by atoms with Gasteiger partial charge in [0.15, 0.2) is 5.82 Å². The molecule has 0 fully saturated rings. The molecule has 100 valence electrons. The van der Waals surface area contributed by atoms with Crippen molar-refractivity contribution >= 4 is 23.1 Å². The number of carbonyl (C=O) groups excluding carboxylic acids is 1. The molecular formula is C13H17N5O. The molecular weight excluding hydrogens is 242 g/mol. The highest BCUT2D eigenvalue weighted by Gasteiger charge is 2.16. The summed E-state index contributed by atoms with van der Waals surface area (Å²) < 4.78 is 0. The maximum Gasteiger partial charge on any atom is 0.261 e. The smallest absolute Gasteiger partial charge is 0.261 e. The number of anilines is 3. The number of aryl methyl sites for hydroxylation is 1. The molecule has 2 rings (SSSR count). The number of nitrogen functional groups attached to an aromatic ring is 1. The Labute approximate surface area is 111 Å². The Balaban J connectivity index is 2.15. The molecule has 0 spiro atoms. The third kappa shape index (κ3) is 2.67. The number of aromatic amines is 1. The van der Waals surface area contributed by atoms with E-state index < -0.39 is 0 Å². The fourth-order valence-electron chi connectivity index (χ4n) is 1.77. The molecule has 1 aromatic heterocycles. The molecule has 1 amide bonds. The molecule has 6 heteroatoms. The summed E-state index contributed by atoms with van der Waals surface area (Å²) >= 11 is 0. The number of benzene rings is 1. The van der Waals surface area contributed by atoms with Crippen LogP contribution in [0.15, 0.2) is 24.3 Å². The summed E-state index contributed by atoms with van der Waals surface area (Å²) in [5.74, 6) is -0.0544. The number of nitrogens with zero attached hydrogens (tertiary/aromatic N) is 2. The summed E-state index contributed by atoms with van der Waals surface area (Å²) in [5, 5.41) is 9.28. The summed E-state index contributed by atoms with van der Waals surface area (Å²) in [6.45, 7) is 1.76. The quantitative estimate of drug-likeness (QED) is 0.781. The van der Waals surface area contributed by atoms with Crippen molar-refractivity contribution < 1.29 is 4.79 Å². The van der Waals surface area contributed by atoms with Gasteiger partial charge < -0.3 is 16.0 Å². The van der Waals surface area contributed by atoms with Gasteiger partial charge in [-0.15, -0.1) is 0 Å². The highest BCUT2D eigenvalue weighted by Crippen LogP contribution is 2.18. The van der Waals surface area contributed by atoms with Crippen LogP contribution < -0.4 is 16.0 Å². The van der Waals surface area contributed by atoms with E-state index in [9.17, 15) is 4.79 Å². The topological polar surface area (TPSA) is 87.0 Å². The van der Waals surface area contributed by atoms with Crippen LogP contribution in [0.25, 0.3) is 0 Å². The Morgan fingerprint density at radius 1 is 1.32 bits per heavy atom. The average molecular weight is 259 g/mol. The van der Waals surface area contributed by atoms with E-state index in [1.807, 2.05) is 43.3 Å². The number of H-pyrrole nitrogens is 1. The number of nitrogens with two attached hydrogens (primary N) is 1. The van der Waals surface area contributed by atoms with Crippen molar-refractivity contribution in [2.75, 3.05) is 30.0 Å². The maximum atomic E-state index is 12.1. The first kappa shape index (κ1) is 12.9. The standard InChI is InChI=1S/C13H17N5O/c1-8-11(12(14)17-16-8)13(19)15-9-4-6-10(7-5-9)18(2)3/h4-7H,1-3H3,(H,15,19)(H3,14,16,17). The Morgan fingerprint density at radius 2 is 1.95 bits per heavy atom. The van der Waals surface area contributed by atoms with Crippen molar-refractivity contribution in [3.05, 3.63) is 35.5 Å². The number of amides is 1. The first-order valence-electron chi connectivity index (χ1n) is 5.88. The zero-order valence-electron chi connectivity index (χ0n) is 11.2. The lowest BCUT2D eigenvalue weighted by molar-refractivity contribution is 0.102. The van der Waals surface area contributed by atoms with Gasteiger partial charge in [-0.25, -0.2) is 0 Å². The average Bonchev–Trinajstić information content (AvgIpc) is 2.69. The molecule has 1 aromatic carbocycles. The van der Waals surface area contributed by atoms with E-state index in [2.05, 4.69) is 15.5 Å². The van der Waals surface area contributed by atoms with E-state index in [1.54, 1.807) is 6.92 Å². The van der Waals surface area contributed by atoms with Crippen LogP contribution in [0.4, 0.5) is 17.2 Å². The van der Waals surface area contributed by atoms with Crippen LogP contribution in [0.2, 0.25) is 0 Å². The molecule has 0 unspecified atom stereocenters. The fraction of sp³-hybridized carbons (Fsp3) is 0.231. The molecule has 6 nitrogen and oxygen atoms in total. The van der Waals surface area contributed by atoms with Gasteiger partial charge in [-0.1, -0.05) is 0 Å². The Morgan fingerprint density at radius 3 is 2.42 bits per heavy atom. The normalized spacial score (nSPS) is 10.3. The van der Waals surface area contributed by atoms with Crippen LogP contribution in [-0.2, 0) is 0 Å².